The molecule has 1 aromatic carbocycles. The number of aliphatic carboxylic acids is 1. The molecule has 3 aromatic rings. The number of hydrogen-bond acceptors (Lipinski definition) is 6. The quantitative estimate of drug-likeness (QED) is 0.404. The van der Waals surface area contributed by atoms with Crippen LogP contribution in [-0.4, -0.2) is 39.7 Å². The number of rotatable bonds is 5. The van der Waals surface area contributed by atoms with E-state index in [2.05, 4.69) is 37.3 Å². The van der Waals surface area contributed by atoms with E-state index in [0.717, 1.165) is 54.9 Å². The van der Waals surface area contributed by atoms with Crippen LogP contribution in [0, 0.1) is 11.3 Å². The van der Waals surface area contributed by atoms with Gasteiger partial charge >= 0.3 is 12.0 Å². The van der Waals surface area contributed by atoms with E-state index in [-0.39, 0.29) is 5.92 Å². The third kappa shape index (κ3) is 4.07. The van der Waals surface area contributed by atoms with Crippen LogP contribution in [0.3, 0.4) is 0 Å². The van der Waals surface area contributed by atoms with Gasteiger partial charge in [-0.05, 0) is 69.2 Å². The van der Waals surface area contributed by atoms with Gasteiger partial charge in [-0.25, -0.2) is 4.98 Å². The van der Waals surface area contributed by atoms with Gasteiger partial charge in [-0.2, -0.15) is 4.98 Å². The first kappa shape index (κ1) is 22.5. The highest BCUT2D eigenvalue weighted by Crippen LogP contribution is 2.40. The van der Waals surface area contributed by atoms with E-state index in [9.17, 15) is 9.90 Å². The average Bonchev–Trinajstić information content (AvgIpc) is 3.39. The lowest BCUT2D eigenvalue weighted by Crippen LogP contribution is -2.34. The number of carboxylic acid groups (broad SMARTS) is 1. The van der Waals surface area contributed by atoms with Crippen LogP contribution in [0.15, 0.2) is 36.1 Å². The van der Waals surface area contributed by atoms with Gasteiger partial charge in [0.15, 0.2) is 5.65 Å². The van der Waals surface area contributed by atoms with Crippen LogP contribution in [0.1, 0.15) is 39.5 Å². The molecule has 1 saturated carbocycles. The molecule has 3 N–H and O–H groups in total. The van der Waals surface area contributed by atoms with Gasteiger partial charge in [0.05, 0.1) is 46.0 Å². The number of aromatic amines is 1. The number of carboxylic acids is 1. The van der Waals surface area contributed by atoms with Crippen molar-refractivity contribution in [3.05, 3.63) is 41.1 Å². The minimum Gasteiger partial charge on any atom is -0.481 e. The number of nitrogens with zero attached hydrogens (tertiary/aromatic N) is 3. The summed E-state index contributed by atoms with van der Waals surface area (Å²) in [7, 11) is 2.04. The normalized spacial score (nSPS) is 18.1. The second-order valence-corrected chi connectivity index (χ2v) is 10.1. The minimum atomic E-state index is -0.738. The van der Waals surface area contributed by atoms with Gasteiger partial charge < -0.3 is 25.0 Å². The molecule has 8 nitrogen and oxygen atoms in total. The summed E-state index contributed by atoms with van der Waals surface area (Å²) in [6.45, 7) is 4.39. The van der Waals surface area contributed by atoms with Gasteiger partial charge in [0.1, 0.15) is 0 Å². The van der Waals surface area contributed by atoms with Crippen LogP contribution in [0.25, 0.3) is 22.4 Å². The molecule has 5 rings (SSSR count). The van der Waals surface area contributed by atoms with E-state index >= 15 is 0 Å². The number of anilines is 2. The Morgan fingerprint density at radius 2 is 2.03 bits per heavy atom. The molecule has 0 saturated heterocycles. The third-order valence-electron chi connectivity index (χ3n) is 7.13. The Morgan fingerprint density at radius 3 is 2.76 bits per heavy atom. The lowest BCUT2D eigenvalue weighted by atomic mass is 9.70. The molecule has 0 spiro atoms. The molecule has 178 valence electrons. The van der Waals surface area contributed by atoms with Crippen molar-refractivity contribution in [2.45, 2.75) is 39.5 Å². The fourth-order valence-corrected chi connectivity index (χ4v) is 5.00. The Labute approximate surface area is 203 Å². The van der Waals surface area contributed by atoms with Crippen molar-refractivity contribution in [3.8, 4) is 17.3 Å². The van der Waals surface area contributed by atoms with Crippen LogP contribution in [0.5, 0.6) is 6.01 Å². The van der Waals surface area contributed by atoms with Crippen molar-refractivity contribution in [1.82, 2.24) is 15.0 Å². The molecule has 0 bridgehead atoms. The lowest BCUT2D eigenvalue weighted by Gasteiger charge is -2.34. The van der Waals surface area contributed by atoms with E-state index in [1.165, 1.54) is 0 Å². The molecule has 1 aliphatic carbocycles. The zero-order chi connectivity index (χ0) is 24.0. The van der Waals surface area contributed by atoms with Gasteiger partial charge in [0, 0.05) is 12.6 Å². The smallest absolute Gasteiger partial charge is 0.309 e. The number of fused-ring (bicyclic) bond motifs is 2. The summed E-state index contributed by atoms with van der Waals surface area (Å²) in [5.74, 6) is -0.578. The summed E-state index contributed by atoms with van der Waals surface area (Å²) >= 11 is 6.56. The van der Waals surface area contributed by atoms with Crippen molar-refractivity contribution in [2.75, 3.05) is 23.9 Å². The number of allylic oxidation sites excluding steroid dienone is 1. The predicted octanol–water partition coefficient (Wildman–Crippen LogP) is 5.66. The first-order valence-corrected chi connectivity index (χ1v) is 11.8. The van der Waals surface area contributed by atoms with Gasteiger partial charge in [-0.3, -0.25) is 4.79 Å². The number of hydrogen-bond donors (Lipinski definition) is 3. The maximum atomic E-state index is 11.5. The molecule has 0 atom stereocenters. The summed E-state index contributed by atoms with van der Waals surface area (Å²) in [6, 6.07) is 8.30. The second-order valence-electron chi connectivity index (χ2n) is 9.69. The average molecular weight is 482 g/mol. The van der Waals surface area contributed by atoms with Crippen LogP contribution in [0.2, 0.25) is 5.02 Å². The number of benzene rings is 1. The highest BCUT2D eigenvalue weighted by atomic mass is 35.5. The molecule has 0 unspecified atom stereocenters. The molecule has 0 radical (unpaired) electrons. The molecule has 1 aliphatic heterocycles. The predicted molar refractivity (Wildman–Crippen MR) is 133 cm³/mol. The Morgan fingerprint density at radius 1 is 1.26 bits per heavy atom. The van der Waals surface area contributed by atoms with Crippen LogP contribution in [-0.2, 0) is 4.79 Å². The van der Waals surface area contributed by atoms with Gasteiger partial charge in [-0.1, -0.05) is 17.7 Å². The zero-order valence-electron chi connectivity index (χ0n) is 19.5. The number of halogens is 1. The van der Waals surface area contributed by atoms with Crippen LogP contribution >= 0.6 is 11.6 Å². The van der Waals surface area contributed by atoms with E-state index in [1.54, 1.807) is 6.26 Å². The lowest BCUT2D eigenvalue weighted by molar-refractivity contribution is -0.150. The number of imidazole rings is 1. The van der Waals surface area contributed by atoms with Crippen LogP contribution in [0.4, 0.5) is 11.4 Å². The fraction of sp³-hybridized carbons (Fsp3) is 0.400. The molecular formula is C25H28ClN5O3. The summed E-state index contributed by atoms with van der Waals surface area (Å²) < 4.78 is 5.81. The molecule has 1 fully saturated rings. The van der Waals surface area contributed by atoms with Crippen molar-refractivity contribution in [1.29, 1.82) is 0 Å². The van der Waals surface area contributed by atoms with Crippen molar-refractivity contribution >= 4 is 40.1 Å². The summed E-state index contributed by atoms with van der Waals surface area (Å²) in [4.78, 5) is 26.0. The van der Waals surface area contributed by atoms with E-state index < -0.39 is 11.4 Å². The van der Waals surface area contributed by atoms with E-state index in [0.29, 0.717) is 27.9 Å². The topological polar surface area (TPSA) is 103 Å². The summed E-state index contributed by atoms with van der Waals surface area (Å²) in [5.41, 5.74) is 5.46. The maximum absolute atomic E-state index is 11.5. The fourth-order valence-electron chi connectivity index (χ4n) is 4.74. The first-order chi connectivity index (χ1) is 16.2. The number of nitrogens with one attached hydrogen (secondary N) is 2. The van der Waals surface area contributed by atoms with Crippen LogP contribution < -0.4 is 15.0 Å². The Bertz CT molecular complexity index is 1290. The number of ether oxygens (including phenoxy) is 1. The zero-order valence-corrected chi connectivity index (χ0v) is 20.2. The van der Waals surface area contributed by atoms with E-state index in [4.69, 9.17) is 16.3 Å². The number of aromatic nitrogens is 3. The standard InChI is InChI=1S/C25H28ClN5O3/c1-25(2,23(32)33)16-7-4-14(5-8-16)12-34-24-28-19-11-17(26)21(29-22(19)30-24)15-6-9-20-18(10-15)27-13-31(20)3/h6,9-12,16,27H,4-5,7-8,13H2,1-3H3,(H,32,33)(H,28,29,30). The second kappa shape index (κ2) is 8.51. The summed E-state index contributed by atoms with van der Waals surface area (Å²) in [6.07, 6.45) is 5.03. The summed E-state index contributed by atoms with van der Waals surface area (Å²) in [5, 5.41) is 13.4. The minimum absolute atomic E-state index is 0.160. The van der Waals surface area contributed by atoms with Gasteiger partial charge in [0.25, 0.3) is 0 Å². The molecule has 2 aliphatic rings. The Kier molecular flexibility index (Phi) is 5.64. The SMILES string of the molecule is CN1CNc2cc(-c3nc4nc(OC=C5CCC(C(C)(C)C(=O)O)CC5)[nH]c4cc3Cl)ccc21. The Balaban J connectivity index is 1.31. The first-order valence-electron chi connectivity index (χ1n) is 11.5. The largest absolute Gasteiger partial charge is 0.481 e. The number of pyridine rings is 1. The maximum Gasteiger partial charge on any atom is 0.309 e. The van der Waals surface area contributed by atoms with E-state index in [1.807, 2.05) is 33.0 Å². The van der Waals surface area contributed by atoms with Crippen molar-refractivity contribution in [2.24, 2.45) is 11.3 Å². The third-order valence-corrected chi connectivity index (χ3v) is 7.42. The molecular weight excluding hydrogens is 454 g/mol. The highest BCUT2D eigenvalue weighted by Gasteiger charge is 2.37. The van der Waals surface area contributed by atoms with Gasteiger partial charge in [0.2, 0.25) is 0 Å². The van der Waals surface area contributed by atoms with Crippen molar-refractivity contribution in [3.63, 3.8) is 0 Å². The molecule has 2 aromatic heterocycles. The monoisotopic (exact) mass is 481 g/mol. The molecule has 3 heterocycles. The molecule has 0 amide bonds. The van der Waals surface area contributed by atoms with Crippen molar-refractivity contribution < 1.29 is 14.6 Å². The number of carbonyl (C=O) groups is 1. The Hall–Kier alpha value is -3.26. The van der Waals surface area contributed by atoms with Gasteiger partial charge in [-0.15, -0.1) is 0 Å². The molecule has 9 heteroatoms. The highest BCUT2D eigenvalue weighted by molar-refractivity contribution is 6.33. The molecule has 34 heavy (non-hydrogen) atoms. The number of H-pyrrole nitrogens is 1.